The lowest BCUT2D eigenvalue weighted by Gasteiger charge is -2.38. The van der Waals surface area contributed by atoms with Gasteiger partial charge in [-0.3, -0.25) is 0 Å². The lowest BCUT2D eigenvalue weighted by atomic mass is 9.85. The second-order valence-corrected chi connectivity index (χ2v) is 11.2. The van der Waals surface area contributed by atoms with E-state index in [1.165, 1.54) is 6.07 Å². The van der Waals surface area contributed by atoms with Gasteiger partial charge in [0.25, 0.3) is 6.01 Å². The number of anilines is 1. The number of aryl methyl sites for hydroxylation is 1. The summed E-state index contributed by atoms with van der Waals surface area (Å²) < 4.78 is 32.9. The van der Waals surface area contributed by atoms with Crippen molar-refractivity contribution in [3.8, 4) is 0 Å². The molecule has 7 nitrogen and oxygen atoms in total. The fourth-order valence-corrected chi connectivity index (χ4v) is 7.00. The van der Waals surface area contributed by atoms with Crippen LogP contribution in [0.3, 0.4) is 0 Å². The topological polar surface area (TPSA) is 108 Å². The van der Waals surface area contributed by atoms with Gasteiger partial charge in [0.1, 0.15) is 10.3 Å². The van der Waals surface area contributed by atoms with Gasteiger partial charge in [0.15, 0.2) is 15.4 Å². The van der Waals surface area contributed by atoms with E-state index in [-0.39, 0.29) is 17.2 Å². The Morgan fingerprint density at radius 2 is 1.88 bits per heavy atom. The van der Waals surface area contributed by atoms with Gasteiger partial charge in [-0.15, -0.1) is 0 Å². The zero-order chi connectivity index (χ0) is 24.3. The van der Waals surface area contributed by atoms with Crippen LogP contribution in [0, 0.1) is 5.92 Å². The molecule has 2 atom stereocenters. The molecule has 0 aliphatic carbocycles. The van der Waals surface area contributed by atoms with Crippen LogP contribution in [-0.2, 0) is 21.0 Å². The van der Waals surface area contributed by atoms with Crippen molar-refractivity contribution >= 4 is 27.0 Å². The van der Waals surface area contributed by atoms with Gasteiger partial charge in [-0.2, -0.15) is 4.98 Å². The second-order valence-electron chi connectivity index (χ2n) is 9.01. The SMILES string of the molecule is CNc1nc2ccc(S(=O)(=O)C(CC(C)C)(c3ccc[nH]3)C(O)CCc3ccccc3)cc2o1. The molecular weight excluding hydrogens is 450 g/mol. The minimum atomic E-state index is -4.06. The highest BCUT2D eigenvalue weighted by molar-refractivity contribution is 7.92. The van der Waals surface area contributed by atoms with Gasteiger partial charge in [0.2, 0.25) is 0 Å². The summed E-state index contributed by atoms with van der Waals surface area (Å²) in [4.78, 5) is 7.48. The van der Waals surface area contributed by atoms with Crippen LogP contribution in [0.5, 0.6) is 0 Å². The van der Waals surface area contributed by atoms with Crippen molar-refractivity contribution in [2.24, 2.45) is 5.92 Å². The van der Waals surface area contributed by atoms with Crippen molar-refractivity contribution in [1.29, 1.82) is 0 Å². The molecular formula is C26H31N3O4S. The van der Waals surface area contributed by atoms with Crippen molar-refractivity contribution in [2.45, 2.75) is 48.9 Å². The van der Waals surface area contributed by atoms with Crippen molar-refractivity contribution in [2.75, 3.05) is 12.4 Å². The third-order valence-corrected chi connectivity index (χ3v) is 8.71. The first-order chi connectivity index (χ1) is 16.3. The predicted molar refractivity (Wildman–Crippen MR) is 133 cm³/mol. The Kier molecular flexibility index (Phi) is 6.81. The number of aromatic nitrogens is 2. The number of aliphatic hydroxyl groups is 1. The molecule has 0 amide bonds. The first-order valence-corrected chi connectivity index (χ1v) is 12.9. The number of benzene rings is 2. The van der Waals surface area contributed by atoms with Gasteiger partial charge >= 0.3 is 0 Å². The first-order valence-electron chi connectivity index (χ1n) is 11.5. The Hall–Kier alpha value is -3.10. The van der Waals surface area contributed by atoms with Crippen molar-refractivity contribution < 1.29 is 17.9 Å². The number of aliphatic hydroxyl groups excluding tert-OH is 1. The lowest BCUT2D eigenvalue weighted by molar-refractivity contribution is 0.0993. The largest absolute Gasteiger partial charge is 0.424 e. The monoisotopic (exact) mass is 481 g/mol. The molecule has 0 bridgehead atoms. The van der Waals surface area contributed by atoms with Crippen LogP contribution in [0.4, 0.5) is 6.01 Å². The van der Waals surface area contributed by atoms with Crippen molar-refractivity contribution in [1.82, 2.24) is 9.97 Å². The van der Waals surface area contributed by atoms with Gasteiger partial charge < -0.3 is 19.8 Å². The number of hydrogen-bond acceptors (Lipinski definition) is 6. The van der Waals surface area contributed by atoms with Crippen LogP contribution in [0.1, 0.15) is 37.9 Å². The molecule has 0 radical (unpaired) electrons. The fraction of sp³-hybridized carbons (Fsp3) is 0.346. The summed E-state index contributed by atoms with van der Waals surface area (Å²) in [7, 11) is -2.38. The van der Waals surface area contributed by atoms with Crippen LogP contribution in [0.15, 0.2) is 76.2 Å². The van der Waals surface area contributed by atoms with Crippen molar-refractivity contribution in [3.63, 3.8) is 0 Å². The average Bonchev–Trinajstić information content (AvgIpc) is 3.50. The van der Waals surface area contributed by atoms with E-state index in [0.717, 1.165) is 5.56 Å². The Labute approximate surface area is 200 Å². The number of nitrogens with one attached hydrogen (secondary N) is 2. The molecule has 34 heavy (non-hydrogen) atoms. The number of H-pyrrole nitrogens is 1. The normalized spacial score (nSPS) is 14.9. The van der Waals surface area contributed by atoms with Gasteiger partial charge in [-0.05, 0) is 55.0 Å². The average molecular weight is 482 g/mol. The molecule has 0 spiro atoms. The Morgan fingerprint density at radius 3 is 2.53 bits per heavy atom. The number of aromatic amines is 1. The van der Waals surface area contributed by atoms with Crippen molar-refractivity contribution in [3.05, 3.63) is 78.1 Å². The summed E-state index contributed by atoms with van der Waals surface area (Å²) in [5.41, 5.74) is 2.46. The van der Waals surface area contributed by atoms with E-state index in [1.54, 1.807) is 37.5 Å². The number of sulfone groups is 1. The minimum absolute atomic E-state index is 0.00866. The van der Waals surface area contributed by atoms with Crippen LogP contribution < -0.4 is 5.32 Å². The smallest absolute Gasteiger partial charge is 0.295 e. The summed E-state index contributed by atoms with van der Waals surface area (Å²) in [6.45, 7) is 3.94. The molecule has 3 N–H and O–H groups in total. The lowest BCUT2D eigenvalue weighted by Crippen LogP contribution is -2.48. The highest BCUT2D eigenvalue weighted by atomic mass is 32.2. The van der Waals surface area contributed by atoms with E-state index in [0.29, 0.717) is 35.6 Å². The number of fused-ring (bicyclic) bond motifs is 1. The maximum atomic E-state index is 14.4. The van der Waals surface area contributed by atoms with Crippen LogP contribution >= 0.6 is 0 Å². The van der Waals surface area contributed by atoms with Crippen LogP contribution in [-0.4, -0.2) is 36.6 Å². The molecule has 2 aromatic carbocycles. The quantitative estimate of drug-likeness (QED) is 0.297. The van der Waals surface area contributed by atoms with E-state index in [2.05, 4.69) is 15.3 Å². The molecule has 4 aromatic rings. The van der Waals surface area contributed by atoms with E-state index in [1.807, 2.05) is 44.2 Å². The molecule has 2 heterocycles. The predicted octanol–water partition coefficient (Wildman–Crippen LogP) is 4.91. The van der Waals surface area contributed by atoms with Crippen LogP contribution in [0.2, 0.25) is 0 Å². The molecule has 0 saturated carbocycles. The molecule has 180 valence electrons. The van der Waals surface area contributed by atoms with E-state index in [9.17, 15) is 13.5 Å². The molecule has 0 aliphatic heterocycles. The van der Waals surface area contributed by atoms with Crippen LogP contribution in [0.25, 0.3) is 11.1 Å². The summed E-state index contributed by atoms with van der Waals surface area (Å²) in [6.07, 6.45) is 1.66. The molecule has 8 heteroatoms. The summed E-state index contributed by atoms with van der Waals surface area (Å²) in [6, 6.07) is 18.3. The number of hydrogen-bond donors (Lipinski definition) is 3. The Balaban J connectivity index is 1.83. The highest BCUT2D eigenvalue weighted by Gasteiger charge is 2.52. The maximum Gasteiger partial charge on any atom is 0.295 e. The second kappa shape index (κ2) is 9.64. The molecule has 0 fully saturated rings. The molecule has 2 unspecified atom stereocenters. The zero-order valence-electron chi connectivity index (χ0n) is 19.7. The Morgan fingerprint density at radius 1 is 1.12 bits per heavy atom. The van der Waals surface area contributed by atoms with E-state index < -0.39 is 20.7 Å². The molecule has 0 aliphatic rings. The van der Waals surface area contributed by atoms with E-state index >= 15 is 0 Å². The summed E-state index contributed by atoms with van der Waals surface area (Å²) in [5, 5.41) is 14.5. The standard InChI is InChI=1S/C26H31N3O4S/c1-18(2)17-26(23-10-7-15-28-23,24(30)14-11-19-8-5-4-6-9-19)34(31,32)20-12-13-21-22(16-20)33-25(27-3)29-21/h4-10,12-13,15-16,18,24,28,30H,11,14,17H2,1-3H3,(H,27,29). The Bertz CT molecular complexity index is 1330. The summed E-state index contributed by atoms with van der Waals surface area (Å²) in [5.74, 6) is 0.00866. The number of rotatable bonds is 10. The third kappa shape index (κ3) is 4.35. The fourth-order valence-electron chi connectivity index (χ4n) is 4.63. The number of oxazole rings is 1. The van der Waals surface area contributed by atoms with Gasteiger partial charge in [0, 0.05) is 25.0 Å². The summed E-state index contributed by atoms with van der Waals surface area (Å²) >= 11 is 0. The molecule has 4 rings (SSSR count). The van der Waals surface area contributed by atoms with Gasteiger partial charge in [-0.25, -0.2) is 8.42 Å². The highest BCUT2D eigenvalue weighted by Crippen LogP contribution is 2.45. The van der Waals surface area contributed by atoms with Gasteiger partial charge in [-0.1, -0.05) is 44.2 Å². The minimum Gasteiger partial charge on any atom is -0.424 e. The molecule has 2 aromatic heterocycles. The third-order valence-electron chi connectivity index (χ3n) is 6.22. The first kappa shape index (κ1) is 24.0. The zero-order valence-corrected chi connectivity index (χ0v) is 20.5. The van der Waals surface area contributed by atoms with E-state index in [4.69, 9.17) is 4.42 Å². The number of nitrogens with zero attached hydrogens (tertiary/aromatic N) is 1. The van der Waals surface area contributed by atoms with Gasteiger partial charge in [0.05, 0.1) is 11.0 Å². The maximum absolute atomic E-state index is 14.4. The molecule has 0 saturated heterocycles.